The van der Waals surface area contributed by atoms with Gasteiger partial charge in [0, 0.05) is 17.5 Å². The summed E-state index contributed by atoms with van der Waals surface area (Å²) in [7, 11) is 0. The van der Waals surface area contributed by atoms with Crippen LogP contribution in [0.4, 0.5) is 5.69 Å². The van der Waals surface area contributed by atoms with Crippen LogP contribution in [0.2, 0.25) is 0 Å². The second kappa shape index (κ2) is 5.24. The van der Waals surface area contributed by atoms with E-state index in [0.717, 1.165) is 10.9 Å². The van der Waals surface area contributed by atoms with Gasteiger partial charge in [0.05, 0.1) is 5.69 Å². The number of nitrogens with one attached hydrogen (secondary N) is 2. The zero-order chi connectivity index (χ0) is 14.7. The van der Waals surface area contributed by atoms with E-state index in [-0.39, 0.29) is 5.71 Å². The van der Waals surface area contributed by atoms with Gasteiger partial charge in [0.2, 0.25) is 5.71 Å². The first-order valence-corrected chi connectivity index (χ1v) is 5.64. The summed E-state index contributed by atoms with van der Waals surface area (Å²) < 4.78 is 5.09. The average Bonchev–Trinajstić information content (AvgIpc) is 2.38. The third kappa shape index (κ3) is 2.64. The molecule has 0 amide bonds. The van der Waals surface area contributed by atoms with Crippen molar-refractivity contribution in [2.24, 2.45) is 10.8 Å². The average molecular weight is 269 g/mol. The van der Waals surface area contributed by atoms with Crippen molar-refractivity contribution in [1.29, 1.82) is 10.7 Å². The fraction of sp³-hybridized carbons (Fsp3) is 0.0769. The molecule has 0 aliphatic carbocycles. The number of benzene rings is 1. The molecule has 1 aromatic heterocycles. The molecule has 0 saturated heterocycles. The molecule has 0 unspecified atom stereocenters. The van der Waals surface area contributed by atoms with Crippen LogP contribution in [0.5, 0.6) is 0 Å². The molecule has 7 heteroatoms. The number of fused-ring (bicyclic) bond motifs is 1. The first kappa shape index (κ1) is 13.3. The minimum atomic E-state index is -0.433. The Morgan fingerprint density at radius 3 is 2.90 bits per heavy atom. The van der Waals surface area contributed by atoms with Gasteiger partial charge in [-0.1, -0.05) is 0 Å². The zero-order valence-electron chi connectivity index (χ0n) is 10.6. The van der Waals surface area contributed by atoms with Gasteiger partial charge in [-0.25, -0.2) is 4.79 Å². The summed E-state index contributed by atoms with van der Waals surface area (Å²) >= 11 is 0. The van der Waals surface area contributed by atoms with E-state index < -0.39 is 11.5 Å². The number of hydrazone groups is 1. The highest BCUT2D eigenvalue weighted by atomic mass is 16.4. The van der Waals surface area contributed by atoms with E-state index in [0.29, 0.717) is 11.3 Å². The molecule has 0 bridgehead atoms. The SMILES string of the molecule is Cc1cc(=O)oc2cc(N/N=C(\C#N)C(=N)N)ccc12. The molecule has 0 aliphatic heterocycles. The largest absolute Gasteiger partial charge is 0.423 e. The van der Waals surface area contributed by atoms with E-state index in [1.807, 2.05) is 6.92 Å². The molecule has 1 heterocycles. The summed E-state index contributed by atoms with van der Waals surface area (Å²) in [6.07, 6.45) is 0. The molecule has 7 nitrogen and oxygen atoms in total. The Hall–Kier alpha value is -3.14. The van der Waals surface area contributed by atoms with Crippen LogP contribution in [0, 0.1) is 23.7 Å². The number of hydrogen-bond acceptors (Lipinski definition) is 6. The second-order valence-electron chi connectivity index (χ2n) is 4.06. The molecular formula is C13H11N5O2. The molecule has 20 heavy (non-hydrogen) atoms. The lowest BCUT2D eigenvalue weighted by atomic mass is 10.1. The summed E-state index contributed by atoms with van der Waals surface area (Å²) in [4.78, 5) is 11.3. The molecule has 0 saturated carbocycles. The predicted octanol–water partition coefficient (Wildman–Crippen LogP) is 1.33. The third-order valence-corrected chi connectivity index (χ3v) is 2.61. The molecule has 0 fully saturated rings. The number of nitrogens with zero attached hydrogens (tertiary/aromatic N) is 2. The molecule has 0 spiro atoms. The molecule has 100 valence electrons. The Labute approximate surface area is 113 Å². The van der Waals surface area contributed by atoms with Crippen molar-refractivity contribution in [3.8, 4) is 6.07 Å². The molecule has 0 radical (unpaired) electrons. The highest BCUT2D eigenvalue weighted by molar-refractivity contribution is 6.45. The third-order valence-electron chi connectivity index (χ3n) is 2.61. The highest BCUT2D eigenvalue weighted by Gasteiger charge is 2.04. The maximum Gasteiger partial charge on any atom is 0.336 e. The molecule has 2 aromatic rings. The monoisotopic (exact) mass is 269 g/mol. The number of nitrogens with two attached hydrogens (primary N) is 1. The van der Waals surface area contributed by atoms with Gasteiger partial charge in [-0.15, -0.1) is 0 Å². The van der Waals surface area contributed by atoms with E-state index in [9.17, 15) is 4.79 Å². The normalized spacial score (nSPS) is 11.1. The van der Waals surface area contributed by atoms with Crippen LogP contribution >= 0.6 is 0 Å². The summed E-state index contributed by atoms with van der Waals surface area (Å²) in [6, 6.07) is 8.18. The molecule has 0 aliphatic rings. The summed E-state index contributed by atoms with van der Waals surface area (Å²) in [6.45, 7) is 1.81. The van der Waals surface area contributed by atoms with Gasteiger partial charge in [0.25, 0.3) is 0 Å². The molecular weight excluding hydrogens is 258 g/mol. The van der Waals surface area contributed by atoms with E-state index in [1.54, 1.807) is 24.3 Å². The first-order valence-electron chi connectivity index (χ1n) is 5.64. The zero-order valence-corrected chi connectivity index (χ0v) is 10.6. The minimum Gasteiger partial charge on any atom is -0.423 e. The molecule has 2 rings (SSSR count). The van der Waals surface area contributed by atoms with Crippen molar-refractivity contribution in [3.63, 3.8) is 0 Å². The number of hydrogen-bond donors (Lipinski definition) is 3. The maximum atomic E-state index is 11.3. The lowest BCUT2D eigenvalue weighted by molar-refractivity contribution is 0.560. The highest BCUT2D eigenvalue weighted by Crippen LogP contribution is 2.20. The van der Waals surface area contributed by atoms with Gasteiger partial charge < -0.3 is 10.2 Å². The van der Waals surface area contributed by atoms with Crippen molar-refractivity contribution >= 4 is 28.2 Å². The molecule has 4 N–H and O–H groups in total. The number of anilines is 1. The topological polar surface area (TPSA) is 128 Å². The summed E-state index contributed by atoms with van der Waals surface area (Å²) in [5.74, 6) is -0.428. The van der Waals surface area contributed by atoms with Gasteiger partial charge in [-0.2, -0.15) is 10.4 Å². The fourth-order valence-electron chi connectivity index (χ4n) is 1.66. The standard InChI is InChI=1S/C13H11N5O2/c1-7-4-12(19)20-11-5-8(2-3-9(7)11)17-18-10(6-14)13(15)16/h2-5,17H,1H3,(H3,15,16)/b18-10+. The second-order valence-corrected chi connectivity index (χ2v) is 4.06. The van der Waals surface area contributed by atoms with Crippen molar-refractivity contribution < 1.29 is 4.42 Å². The number of nitriles is 1. The maximum absolute atomic E-state index is 11.3. The Morgan fingerprint density at radius 1 is 1.50 bits per heavy atom. The smallest absolute Gasteiger partial charge is 0.336 e. The van der Waals surface area contributed by atoms with Gasteiger partial charge in [-0.3, -0.25) is 10.8 Å². The Kier molecular flexibility index (Phi) is 3.48. The lowest BCUT2D eigenvalue weighted by Crippen LogP contribution is -2.21. The van der Waals surface area contributed by atoms with Crippen LogP contribution in [0.1, 0.15) is 5.56 Å². The number of rotatable bonds is 3. The molecule has 1 aromatic carbocycles. The fourth-order valence-corrected chi connectivity index (χ4v) is 1.66. The van der Waals surface area contributed by atoms with Gasteiger partial charge in [0.1, 0.15) is 11.7 Å². The van der Waals surface area contributed by atoms with Crippen LogP contribution in [-0.4, -0.2) is 11.5 Å². The van der Waals surface area contributed by atoms with Crippen molar-refractivity contribution in [2.45, 2.75) is 6.92 Å². The van der Waals surface area contributed by atoms with Gasteiger partial charge in [0.15, 0.2) is 5.84 Å². The van der Waals surface area contributed by atoms with Crippen molar-refractivity contribution in [2.75, 3.05) is 5.43 Å². The van der Waals surface area contributed by atoms with Gasteiger partial charge >= 0.3 is 5.63 Å². The summed E-state index contributed by atoms with van der Waals surface area (Å²) in [5.41, 5.74) is 8.84. The molecule has 0 atom stereocenters. The predicted molar refractivity (Wildman–Crippen MR) is 75.8 cm³/mol. The van der Waals surface area contributed by atoms with Crippen LogP contribution in [0.15, 0.2) is 38.6 Å². The quantitative estimate of drug-likeness (QED) is 0.335. The van der Waals surface area contributed by atoms with Gasteiger partial charge in [-0.05, 0) is 24.6 Å². The number of amidine groups is 1. The van der Waals surface area contributed by atoms with E-state index >= 15 is 0 Å². The van der Waals surface area contributed by atoms with Crippen LogP contribution in [-0.2, 0) is 0 Å². The van der Waals surface area contributed by atoms with E-state index in [1.165, 1.54) is 6.07 Å². The lowest BCUT2D eigenvalue weighted by Gasteiger charge is -2.04. The first-order chi connectivity index (χ1) is 9.51. The van der Waals surface area contributed by atoms with Crippen molar-refractivity contribution in [3.05, 3.63) is 40.2 Å². The minimum absolute atomic E-state index is 0.226. The van der Waals surface area contributed by atoms with E-state index in [2.05, 4.69) is 10.5 Å². The van der Waals surface area contributed by atoms with Crippen molar-refractivity contribution in [1.82, 2.24) is 0 Å². The van der Waals surface area contributed by atoms with Crippen LogP contribution in [0.3, 0.4) is 0 Å². The Morgan fingerprint density at radius 2 is 2.25 bits per heavy atom. The Balaban J connectivity index is 2.41. The number of aryl methyl sites for hydroxylation is 1. The Bertz CT molecular complexity index is 814. The van der Waals surface area contributed by atoms with Crippen LogP contribution < -0.4 is 16.8 Å². The van der Waals surface area contributed by atoms with Crippen LogP contribution in [0.25, 0.3) is 11.0 Å². The summed E-state index contributed by atoms with van der Waals surface area (Å²) in [5, 5.41) is 20.4. The van der Waals surface area contributed by atoms with E-state index in [4.69, 9.17) is 20.8 Å².